The van der Waals surface area contributed by atoms with Gasteiger partial charge in [0.1, 0.15) is 22.3 Å². The highest BCUT2D eigenvalue weighted by atomic mass is 16.3. The van der Waals surface area contributed by atoms with Crippen LogP contribution in [-0.2, 0) is 10.8 Å². The average molecular weight is 1800 g/mol. The van der Waals surface area contributed by atoms with Crippen LogP contribution in [0.3, 0.4) is 0 Å². The topological polar surface area (TPSA) is 51.4 Å². The van der Waals surface area contributed by atoms with Crippen molar-refractivity contribution in [1.29, 1.82) is 0 Å². The van der Waals surface area contributed by atoms with E-state index >= 15 is 0 Å². The monoisotopic (exact) mass is 1800 g/mol. The summed E-state index contributed by atoms with van der Waals surface area (Å²) < 4.78 is 18.5. The molecule has 7 heteroatoms. The third-order valence-corrected chi connectivity index (χ3v) is 29.7. The van der Waals surface area contributed by atoms with Crippen molar-refractivity contribution in [3.63, 3.8) is 0 Å². The zero-order chi connectivity index (χ0) is 94.0. The summed E-state index contributed by atoms with van der Waals surface area (Å²) in [6, 6.07) is 172. The van der Waals surface area contributed by atoms with Crippen LogP contribution in [0.2, 0.25) is 0 Å². The van der Waals surface area contributed by atoms with Crippen molar-refractivity contribution < 1.29 is 8.83 Å². The zero-order valence-corrected chi connectivity index (χ0v) is 79.1. The van der Waals surface area contributed by atoms with Gasteiger partial charge in [-0.05, 0) is 307 Å². The molecule has 0 amide bonds. The fourth-order valence-corrected chi connectivity index (χ4v) is 22.6. The van der Waals surface area contributed by atoms with Gasteiger partial charge >= 0.3 is 0 Å². The number of benzene rings is 21. The van der Waals surface area contributed by atoms with Crippen LogP contribution in [0, 0.1) is 0 Å². The van der Waals surface area contributed by atoms with Crippen molar-refractivity contribution in [2.75, 3.05) is 10.2 Å². The Labute approximate surface area is 819 Å². The van der Waals surface area contributed by atoms with E-state index in [1.807, 2.05) is 0 Å². The lowest BCUT2D eigenvalue weighted by Gasteiger charge is -2.43. The standard InChI is InChI=1S/C134H95BN4O2/c1-133(2,3)103-70-100(85-33-15-9-16-34-85)69-101(71-103)93-43-27-41-91(67-93)96-53-62-129-115(74-96)116-75-97(54-63-130(116)141-129)92-42-28-44-99(68-92)111-80-104(134(4,5)6)79-110(86-35-17-10-18-36-86)132(111)139-125-82-106(138-122-49-23-20-46-108(122)113-73-95(52-61-124(113)138)90-40-26-38-88(66-90)84-31-13-8-14-32-84)57-59-118(125)135-117-58-56-105(81-119(117)136-120-77-102(78-126(139)131(120)135)98-55-64-128-114(76-98)109-47-21-24-50-127(109)140-128)137-121-48-22-19-45-107(121)112-72-94(51-60-123(112)137)89-39-25-37-87(65-89)83-29-11-7-12-30-83/h7-82,136H,1-6H3. The predicted octanol–water partition coefficient (Wildman–Crippen LogP) is 35.0. The summed E-state index contributed by atoms with van der Waals surface area (Å²) in [5.41, 5.74) is 46.2. The molecule has 0 unspecified atom stereocenters. The third kappa shape index (κ3) is 14.1. The first-order chi connectivity index (χ1) is 69.1. The van der Waals surface area contributed by atoms with Crippen molar-refractivity contribution >= 4 is 139 Å². The van der Waals surface area contributed by atoms with Crippen LogP contribution in [0.15, 0.2) is 470 Å². The number of para-hydroxylation sites is 3. The van der Waals surface area contributed by atoms with Gasteiger partial charge in [0.15, 0.2) is 0 Å². The highest BCUT2D eigenvalue weighted by Gasteiger charge is 2.44. The van der Waals surface area contributed by atoms with E-state index in [4.69, 9.17) is 8.83 Å². The maximum atomic E-state index is 6.85. The summed E-state index contributed by atoms with van der Waals surface area (Å²) in [4.78, 5) is 2.69. The van der Waals surface area contributed by atoms with E-state index in [0.717, 1.165) is 167 Å². The van der Waals surface area contributed by atoms with Crippen LogP contribution >= 0.6 is 0 Å². The zero-order valence-electron chi connectivity index (χ0n) is 79.1. The molecule has 0 bridgehead atoms. The van der Waals surface area contributed by atoms with Crippen molar-refractivity contribution in [3.8, 4) is 134 Å². The lowest BCUT2D eigenvalue weighted by molar-refractivity contribution is 0.590. The van der Waals surface area contributed by atoms with Crippen molar-refractivity contribution in [1.82, 2.24) is 9.13 Å². The Bertz CT molecular complexity index is 9430. The minimum atomic E-state index is -0.302. The van der Waals surface area contributed by atoms with Gasteiger partial charge in [0.2, 0.25) is 0 Å². The van der Waals surface area contributed by atoms with Gasteiger partial charge < -0.3 is 28.2 Å². The van der Waals surface area contributed by atoms with Gasteiger partial charge in [-0.15, -0.1) is 0 Å². The fourth-order valence-electron chi connectivity index (χ4n) is 22.6. The highest BCUT2D eigenvalue weighted by Crippen LogP contribution is 2.54. The lowest BCUT2D eigenvalue weighted by atomic mass is 9.33. The number of rotatable bonds is 14. The number of nitrogens with zero attached hydrogens (tertiary/aromatic N) is 3. The van der Waals surface area contributed by atoms with Crippen LogP contribution in [-0.4, -0.2) is 15.8 Å². The Balaban J connectivity index is 0.671. The SMILES string of the molecule is CC(C)(C)c1cc(-c2ccccc2)cc(-c2cccc(-c3ccc4oc5ccc(-c6cccc(-c7cc(C(C)(C)C)cc(-c8ccccc8)c7N7c8cc(-n9c%10ccccc%10c%10cc(-c%11cccc(-c%12ccccc%12)c%11)ccc%109)ccc8B8c9ccc(-n%10c%11ccccc%11c%11cc(-c%12cccc(-c%13ccccc%13)c%12)ccc%11%10)cc9Nc9cc(-c%10ccc%11oc%12ccccc%12c%11c%10)cc7c98)c6)cc5c4c3)c2)c1. The minimum absolute atomic E-state index is 0.0529. The Hall–Kier alpha value is -17.5. The number of hydrogen-bond acceptors (Lipinski definition) is 4. The lowest BCUT2D eigenvalue weighted by Crippen LogP contribution is -2.60. The molecule has 4 aromatic heterocycles. The fraction of sp³-hybridized carbons (Fsp3) is 0.0597. The number of nitrogens with one attached hydrogen (secondary N) is 1. The van der Waals surface area contributed by atoms with Crippen molar-refractivity contribution in [2.45, 2.75) is 52.4 Å². The van der Waals surface area contributed by atoms with Crippen LogP contribution in [0.25, 0.3) is 221 Å². The van der Waals surface area contributed by atoms with Crippen LogP contribution in [0.4, 0.5) is 28.4 Å². The molecule has 2 aliphatic rings. The summed E-state index contributed by atoms with van der Waals surface area (Å²) in [6.45, 7) is 13.7. The summed E-state index contributed by atoms with van der Waals surface area (Å²) >= 11 is 0. The molecule has 0 fully saturated rings. The molecule has 141 heavy (non-hydrogen) atoms. The minimum Gasteiger partial charge on any atom is -0.456 e. The molecule has 6 heterocycles. The van der Waals surface area contributed by atoms with E-state index in [0.29, 0.717) is 0 Å². The summed E-state index contributed by atoms with van der Waals surface area (Å²) in [5.74, 6) is 0. The molecular weight excluding hydrogens is 1710 g/mol. The molecule has 666 valence electrons. The summed E-state index contributed by atoms with van der Waals surface area (Å²) in [5, 5.41) is 13.4. The maximum Gasteiger partial charge on any atom is 0.252 e. The van der Waals surface area contributed by atoms with Crippen LogP contribution in [0.1, 0.15) is 52.7 Å². The molecule has 6 nitrogen and oxygen atoms in total. The maximum absolute atomic E-state index is 6.85. The molecule has 0 atom stereocenters. The van der Waals surface area contributed by atoms with Gasteiger partial charge in [-0.3, -0.25) is 0 Å². The quantitative estimate of drug-likeness (QED) is 0.110. The molecule has 25 aromatic rings. The number of hydrogen-bond donors (Lipinski definition) is 1. The first kappa shape index (κ1) is 82.9. The van der Waals surface area contributed by atoms with E-state index in [-0.39, 0.29) is 17.5 Å². The highest BCUT2D eigenvalue weighted by molar-refractivity contribution is 7.00. The average Bonchev–Trinajstić information content (AvgIpc) is 0.711. The summed E-state index contributed by atoms with van der Waals surface area (Å²) in [7, 11) is 0. The van der Waals surface area contributed by atoms with Crippen molar-refractivity contribution in [2.24, 2.45) is 0 Å². The molecule has 0 radical (unpaired) electrons. The van der Waals surface area contributed by atoms with Crippen LogP contribution < -0.4 is 26.6 Å². The normalized spacial score (nSPS) is 12.5. The first-order valence-corrected chi connectivity index (χ1v) is 49.1. The first-order valence-electron chi connectivity index (χ1n) is 49.1. The van der Waals surface area contributed by atoms with Gasteiger partial charge in [0.25, 0.3) is 6.71 Å². The smallest absolute Gasteiger partial charge is 0.252 e. The van der Waals surface area contributed by atoms with Gasteiger partial charge in [-0.2, -0.15) is 0 Å². The van der Waals surface area contributed by atoms with E-state index < -0.39 is 0 Å². The number of aromatic nitrogens is 2. The Kier molecular flexibility index (Phi) is 19.2. The van der Waals surface area contributed by atoms with E-state index in [1.54, 1.807) is 0 Å². The van der Waals surface area contributed by atoms with Gasteiger partial charge in [0, 0.05) is 88.3 Å². The third-order valence-electron chi connectivity index (χ3n) is 29.7. The van der Waals surface area contributed by atoms with Gasteiger partial charge in [-0.25, -0.2) is 0 Å². The van der Waals surface area contributed by atoms with Gasteiger partial charge in [0.05, 0.1) is 27.8 Å². The Morgan fingerprint density at radius 2 is 0.553 bits per heavy atom. The van der Waals surface area contributed by atoms with E-state index in [9.17, 15) is 0 Å². The van der Waals surface area contributed by atoms with E-state index in [2.05, 4.69) is 522 Å². The molecule has 21 aromatic carbocycles. The second-order valence-electron chi connectivity index (χ2n) is 40.4. The largest absolute Gasteiger partial charge is 0.456 e. The van der Waals surface area contributed by atoms with Gasteiger partial charge in [-0.1, -0.05) is 345 Å². The molecule has 27 rings (SSSR count). The van der Waals surface area contributed by atoms with E-state index in [1.165, 1.54) is 110 Å². The number of fused-ring (bicyclic) bond motifs is 16. The molecule has 0 spiro atoms. The molecule has 1 N–H and O–H groups in total. The molecule has 0 saturated heterocycles. The molecule has 0 saturated carbocycles. The second kappa shape index (κ2) is 32.6. The molecular formula is C134H95BN4O2. The Morgan fingerprint density at radius 3 is 1.06 bits per heavy atom. The van der Waals surface area contributed by atoms with Crippen LogP contribution in [0.5, 0.6) is 0 Å². The molecule has 2 aliphatic heterocycles. The summed E-state index contributed by atoms with van der Waals surface area (Å²) in [6.07, 6.45) is 0. The molecule has 0 aliphatic carbocycles. The Morgan fingerprint density at radius 1 is 0.213 bits per heavy atom. The predicted molar refractivity (Wildman–Crippen MR) is 596 cm³/mol. The number of anilines is 5. The van der Waals surface area contributed by atoms with Crippen molar-refractivity contribution in [3.05, 3.63) is 472 Å². The number of furan rings is 2. The second-order valence-corrected chi connectivity index (χ2v) is 40.4.